The zero-order valence-electron chi connectivity index (χ0n) is 8.85. The van der Waals surface area contributed by atoms with Gasteiger partial charge >= 0.3 is 5.97 Å². The van der Waals surface area contributed by atoms with E-state index in [4.69, 9.17) is 16.7 Å². The van der Waals surface area contributed by atoms with Crippen LogP contribution in [0.5, 0.6) is 0 Å². The normalized spacial score (nSPS) is 14.1. The Morgan fingerprint density at radius 2 is 2.00 bits per heavy atom. The predicted molar refractivity (Wildman–Crippen MR) is 58.6 cm³/mol. The molecule has 0 radical (unpaired) electrons. The molecule has 0 saturated carbocycles. The Labute approximate surface area is 102 Å². The van der Waals surface area contributed by atoms with Crippen molar-refractivity contribution in [3.63, 3.8) is 0 Å². The lowest BCUT2D eigenvalue weighted by Crippen LogP contribution is -2.17. The smallest absolute Gasteiger partial charge is 0.337 e. The Kier molecular flexibility index (Phi) is 4.20. The van der Waals surface area contributed by atoms with E-state index in [1.807, 2.05) is 0 Å². The average Bonchev–Trinajstić information content (AvgIpc) is 2.27. The number of aliphatic carboxylic acids is 1. The highest BCUT2D eigenvalue weighted by atomic mass is 35.5. The lowest BCUT2D eigenvalue weighted by Gasteiger charge is -2.10. The van der Waals surface area contributed by atoms with Crippen molar-refractivity contribution in [2.45, 2.75) is 18.4 Å². The highest BCUT2D eigenvalue weighted by molar-refractivity contribution is 6.33. The van der Waals surface area contributed by atoms with Crippen LogP contribution in [0.2, 0.25) is 0 Å². The van der Waals surface area contributed by atoms with E-state index in [-0.39, 0.29) is 5.56 Å². The van der Waals surface area contributed by atoms with Crippen molar-refractivity contribution in [3.05, 3.63) is 35.1 Å². The first-order valence-electron chi connectivity index (χ1n) is 4.73. The first-order valence-corrected chi connectivity index (χ1v) is 5.17. The van der Waals surface area contributed by atoms with Gasteiger partial charge in [-0.25, -0.2) is 9.18 Å². The van der Waals surface area contributed by atoms with Gasteiger partial charge in [-0.3, -0.25) is 4.79 Å². The molecule has 17 heavy (non-hydrogen) atoms. The molecule has 0 heterocycles. The minimum Gasteiger partial charge on any atom is -0.479 e. The van der Waals surface area contributed by atoms with Crippen molar-refractivity contribution in [1.82, 2.24) is 0 Å². The number of carboxylic acids is 1. The first-order chi connectivity index (χ1) is 7.86. The molecule has 92 valence electrons. The number of aliphatic hydroxyl groups is 1. The molecule has 0 aromatic heterocycles. The van der Waals surface area contributed by atoms with Gasteiger partial charge in [-0.15, -0.1) is 11.6 Å². The van der Waals surface area contributed by atoms with Crippen molar-refractivity contribution >= 4 is 23.4 Å². The van der Waals surface area contributed by atoms with Crippen LogP contribution in [0.15, 0.2) is 18.2 Å². The number of rotatable bonds is 4. The predicted octanol–water partition coefficient (Wildman–Crippen LogP) is 1.75. The summed E-state index contributed by atoms with van der Waals surface area (Å²) in [6.45, 7) is 1.38. The summed E-state index contributed by atoms with van der Waals surface area (Å²) in [5.74, 6) is -3.31. The quantitative estimate of drug-likeness (QED) is 0.639. The second-order valence-corrected chi connectivity index (χ2v) is 4.08. The zero-order valence-corrected chi connectivity index (χ0v) is 9.61. The van der Waals surface area contributed by atoms with E-state index in [0.717, 1.165) is 6.07 Å². The largest absolute Gasteiger partial charge is 0.479 e. The summed E-state index contributed by atoms with van der Waals surface area (Å²) < 4.78 is 13.8. The number of carbonyl (C=O) groups is 2. The van der Waals surface area contributed by atoms with Gasteiger partial charge in [0.1, 0.15) is 5.82 Å². The van der Waals surface area contributed by atoms with E-state index >= 15 is 0 Å². The van der Waals surface area contributed by atoms with Crippen LogP contribution in [0.4, 0.5) is 4.39 Å². The van der Waals surface area contributed by atoms with E-state index < -0.39 is 34.6 Å². The molecule has 0 saturated heterocycles. The summed E-state index contributed by atoms with van der Waals surface area (Å²) in [7, 11) is 0. The topological polar surface area (TPSA) is 74.6 Å². The van der Waals surface area contributed by atoms with Gasteiger partial charge in [0.15, 0.2) is 11.9 Å². The first kappa shape index (κ1) is 13.6. The third-order valence-corrected chi connectivity index (χ3v) is 2.38. The van der Waals surface area contributed by atoms with Crippen LogP contribution in [0, 0.1) is 5.82 Å². The molecule has 0 fully saturated rings. The van der Waals surface area contributed by atoms with E-state index in [1.54, 1.807) is 0 Å². The molecule has 2 N–H and O–H groups in total. The van der Waals surface area contributed by atoms with Crippen molar-refractivity contribution in [3.8, 4) is 0 Å². The van der Waals surface area contributed by atoms with Crippen molar-refractivity contribution in [2.24, 2.45) is 0 Å². The number of carboxylic acid groups (broad SMARTS) is 1. The number of hydrogen-bond acceptors (Lipinski definition) is 3. The number of ketones is 1. The maximum absolute atomic E-state index is 13.8. The lowest BCUT2D eigenvalue weighted by molar-refractivity contribution is -0.147. The van der Waals surface area contributed by atoms with Crippen molar-refractivity contribution in [2.75, 3.05) is 0 Å². The van der Waals surface area contributed by atoms with Crippen LogP contribution in [-0.2, 0) is 4.79 Å². The van der Waals surface area contributed by atoms with Gasteiger partial charge in [-0.2, -0.15) is 0 Å². The molecule has 0 amide bonds. The molecular weight excluding hydrogens is 251 g/mol. The average molecular weight is 261 g/mol. The van der Waals surface area contributed by atoms with Crippen LogP contribution < -0.4 is 0 Å². The van der Waals surface area contributed by atoms with Crippen molar-refractivity contribution in [1.29, 1.82) is 0 Å². The van der Waals surface area contributed by atoms with Gasteiger partial charge < -0.3 is 10.2 Å². The molecule has 0 aliphatic heterocycles. The Bertz CT molecular complexity index is 459. The number of halogens is 2. The molecule has 1 aromatic rings. The third-order valence-electron chi connectivity index (χ3n) is 2.18. The molecule has 2 atom stereocenters. The number of hydrogen-bond donors (Lipinski definition) is 2. The Hall–Kier alpha value is -1.46. The molecule has 0 spiro atoms. The Morgan fingerprint density at radius 1 is 1.41 bits per heavy atom. The zero-order chi connectivity index (χ0) is 13.2. The standard InChI is InChI=1S/C11H10ClFO4/c1-5(12)9(14)6-3-2-4-7(8(6)13)10(15)11(16)17/h2-5,10,15H,1H3,(H,16,17). The fourth-order valence-corrected chi connectivity index (χ4v) is 1.42. The minimum absolute atomic E-state index is 0.328. The van der Waals surface area contributed by atoms with Crippen LogP contribution >= 0.6 is 11.6 Å². The van der Waals surface area contributed by atoms with Crippen LogP contribution in [0.25, 0.3) is 0 Å². The molecule has 0 aliphatic rings. The molecule has 4 nitrogen and oxygen atoms in total. The SMILES string of the molecule is CC(Cl)C(=O)c1cccc(C(O)C(=O)O)c1F. The van der Waals surface area contributed by atoms with Gasteiger partial charge in [-0.1, -0.05) is 12.1 Å². The maximum Gasteiger partial charge on any atom is 0.337 e. The monoisotopic (exact) mass is 260 g/mol. The Balaban J connectivity index is 3.25. The summed E-state index contributed by atoms with van der Waals surface area (Å²) >= 11 is 5.53. The number of carbonyl (C=O) groups excluding carboxylic acids is 1. The second-order valence-electron chi connectivity index (χ2n) is 3.43. The van der Waals surface area contributed by atoms with Gasteiger partial charge in [0.05, 0.1) is 10.9 Å². The minimum atomic E-state index is -2.01. The fourth-order valence-electron chi connectivity index (χ4n) is 1.30. The molecule has 2 unspecified atom stereocenters. The molecule has 1 aromatic carbocycles. The number of benzene rings is 1. The van der Waals surface area contributed by atoms with E-state index in [9.17, 15) is 19.1 Å². The van der Waals surface area contributed by atoms with Gasteiger partial charge in [0.2, 0.25) is 0 Å². The summed E-state index contributed by atoms with van der Waals surface area (Å²) in [5.41, 5.74) is -0.786. The number of alkyl halides is 1. The number of Topliss-reactive ketones (excluding diaryl/α,β-unsaturated/α-hetero) is 1. The molecule has 1 rings (SSSR count). The van der Waals surface area contributed by atoms with E-state index in [1.165, 1.54) is 19.1 Å². The van der Waals surface area contributed by atoms with E-state index in [0.29, 0.717) is 0 Å². The highest BCUT2D eigenvalue weighted by Gasteiger charge is 2.25. The number of aliphatic hydroxyl groups excluding tert-OH is 1. The lowest BCUT2D eigenvalue weighted by atomic mass is 10.0. The van der Waals surface area contributed by atoms with Gasteiger partial charge in [0, 0.05) is 5.56 Å². The van der Waals surface area contributed by atoms with Crippen LogP contribution in [0.3, 0.4) is 0 Å². The van der Waals surface area contributed by atoms with Gasteiger partial charge in [0.25, 0.3) is 0 Å². The maximum atomic E-state index is 13.8. The van der Waals surface area contributed by atoms with Crippen molar-refractivity contribution < 1.29 is 24.2 Å². The Morgan fingerprint density at radius 3 is 2.47 bits per heavy atom. The van der Waals surface area contributed by atoms with Crippen LogP contribution in [0.1, 0.15) is 28.9 Å². The van der Waals surface area contributed by atoms with E-state index in [2.05, 4.69) is 0 Å². The van der Waals surface area contributed by atoms with Crippen LogP contribution in [-0.4, -0.2) is 27.3 Å². The second kappa shape index (κ2) is 5.25. The molecule has 6 heteroatoms. The summed E-state index contributed by atoms with van der Waals surface area (Å²) in [6.07, 6.45) is -2.01. The molecular formula is C11H10ClFO4. The molecule has 0 aliphatic carbocycles. The molecule has 0 bridgehead atoms. The highest BCUT2D eigenvalue weighted by Crippen LogP contribution is 2.22. The fraction of sp³-hybridized carbons (Fsp3) is 0.273. The third kappa shape index (κ3) is 2.81. The summed E-state index contributed by atoms with van der Waals surface area (Å²) in [4.78, 5) is 22.0. The summed E-state index contributed by atoms with van der Waals surface area (Å²) in [5, 5.41) is 16.9. The summed E-state index contributed by atoms with van der Waals surface area (Å²) in [6, 6.07) is 3.58. The van der Waals surface area contributed by atoms with Gasteiger partial charge in [-0.05, 0) is 13.0 Å².